The van der Waals surface area contributed by atoms with Gasteiger partial charge in [0.15, 0.2) is 0 Å². The Bertz CT molecular complexity index is 275. The summed E-state index contributed by atoms with van der Waals surface area (Å²) in [5.41, 5.74) is 1.44. The van der Waals surface area contributed by atoms with Crippen LogP contribution in [0.15, 0.2) is 23.8 Å². The molecule has 1 aliphatic carbocycles. The van der Waals surface area contributed by atoms with Gasteiger partial charge in [0, 0.05) is 6.54 Å². The second kappa shape index (κ2) is 9.93. The van der Waals surface area contributed by atoms with Gasteiger partial charge in [-0.15, -0.1) is 0 Å². The molecular formula is C16H27NO. The van der Waals surface area contributed by atoms with Crippen molar-refractivity contribution < 1.29 is 4.79 Å². The van der Waals surface area contributed by atoms with Crippen LogP contribution < -0.4 is 5.32 Å². The van der Waals surface area contributed by atoms with E-state index in [2.05, 4.69) is 30.5 Å². The first kappa shape index (κ1) is 15.0. The summed E-state index contributed by atoms with van der Waals surface area (Å²) in [6.07, 6.45) is 18.0. The maximum Gasteiger partial charge on any atom is 0.207 e. The highest BCUT2D eigenvalue weighted by Crippen LogP contribution is 2.28. The predicted octanol–water partition coefficient (Wildman–Crippen LogP) is 3.99. The predicted molar refractivity (Wildman–Crippen MR) is 77.4 cm³/mol. The average molecular weight is 249 g/mol. The Morgan fingerprint density at radius 1 is 1.28 bits per heavy atom. The number of carbonyl (C=O) groups excluding carboxylic acids is 1. The standard InChI is InChI=1S/C16H27NO/c1-2-15(8-6-7-13-17-14-18)11-12-16-9-4-3-5-10-16/h2,6,8,14,16H,3-5,7,9-13H2,1H3,(H,17,18)/b8-6+,15-2+. The highest BCUT2D eigenvalue weighted by Gasteiger charge is 2.12. The van der Waals surface area contributed by atoms with E-state index in [1.165, 1.54) is 50.5 Å². The second-order valence-electron chi connectivity index (χ2n) is 5.17. The molecule has 1 rings (SSSR count). The van der Waals surface area contributed by atoms with Crippen molar-refractivity contribution >= 4 is 6.41 Å². The Balaban J connectivity index is 2.18. The molecule has 0 saturated heterocycles. The first-order valence-corrected chi connectivity index (χ1v) is 7.35. The van der Waals surface area contributed by atoms with Gasteiger partial charge in [-0.1, -0.05) is 55.9 Å². The number of nitrogens with one attached hydrogen (secondary N) is 1. The molecule has 1 N–H and O–H groups in total. The van der Waals surface area contributed by atoms with Crippen LogP contribution in [0.2, 0.25) is 0 Å². The molecule has 0 unspecified atom stereocenters. The van der Waals surface area contributed by atoms with E-state index in [9.17, 15) is 4.79 Å². The lowest BCUT2D eigenvalue weighted by Gasteiger charge is -2.21. The first-order chi connectivity index (χ1) is 8.86. The fraction of sp³-hybridized carbons (Fsp3) is 0.688. The number of allylic oxidation sites excluding steroid dienone is 3. The summed E-state index contributed by atoms with van der Waals surface area (Å²) < 4.78 is 0. The maximum absolute atomic E-state index is 10.1. The van der Waals surface area contributed by atoms with E-state index in [4.69, 9.17) is 0 Å². The van der Waals surface area contributed by atoms with Gasteiger partial charge in [0.1, 0.15) is 0 Å². The van der Waals surface area contributed by atoms with Gasteiger partial charge < -0.3 is 5.32 Å². The zero-order valence-corrected chi connectivity index (χ0v) is 11.7. The monoisotopic (exact) mass is 249 g/mol. The van der Waals surface area contributed by atoms with Crippen molar-refractivity contribution in [1.82, 2.24) is 5.32 Å². The SMILES string of the molecule is C/C=C(\C=C\CCNC=O)CCC1CCCCC1. The van der Waals surface area contributed by atoms with Crippen molar-refractivity contribution in [3.05, 3.63) is 23.8 Å². The van der Waals surface area contributed by atoms with Gasteiger partial charge in [-0.05, 0) is 32.1 Å². The van der Waals surface area contributed by atoms with Crippen LogP contribution in [0.4, 0.5) is 0 Å². The van der Waals surface area contributed by atoms with Crippen molar-refractivity contribution in [2.24, 2.45) is 5.92 Å². The number of amides is 1. The minimum absolute atomic E-state index is 0.736. The van der Waals surface area contributed by atoms with Crippen molar-refractivity contribution in [2.75, 3.05) is 6.54 Å². The van der Waals surface area contributed by atoms with E-state index >= 15 is 0 Å². The Morgan fingerprint density at radius 3 is 2.72 bits per heavy atom. The molecule has 0 bridgehead atoms. The molecule has 1 saturated carbocycles. The van der Waals surface area contributed by atoms with E-state index < -0.39 is 0 Å². The van der Waals surface area contributed by atoms with E-state index in [1.807, 2.05) is 0 Å². The van der Waals surface area contributed by atoms with Crippen LogP contribution in [-0.4, -0.2) is 13.0 Å². The summed E-state index contributed by atoms with van der Waals surface area (Å²) in [5, 5.41) is 2.67. The lowest BCUT2D eigenvalue weighted by Crippen LogP contribution is -2.10. The fourth-order valence-electron chi connectivity index (χ4n) is 2.63. The van der Waals surface area contributed by atoms with Gasteiger partial charge in [0.25, 0.3) is 0 Å². The third kappa shape index (κ3) is 6.63. The molecule has 0 aliphatic heterocycles. The highest BCUT2D eigenvalue weighted by molar-refractivity contribution is 5.45. The van der Waals surface area contributed by atoms with Gasteiger partial charge in [-0.25, -0.2) is 0 Å². The first-order valence-electron chi connectivity index (χ1n) is 7.35. The average Bonchev–Trinajstić information content (AvgIpc) is 2.43. The Morgan fingerprint density at radius 2 is 2.06 bits per heavy atom. The van der Waals surface area contributed by atoms with E-state index in [0.29, 0.717) is 0 Å². The Hall–Kier alpha value is -1.05. The molecule has 0 aromatic carbocycles. The van der Waals surface area contributed by atoms with Gasteiger partial charge >= 0.3 is 0 Å². The zero-order valence-electron chi connectivity index (χ0n) is 11.7. The summed E-state index contributed by atoms with van der Waals surface area (Å²) in [5.74, 6) is 0.957. The maximum atomic E-state index is 10.1. The Labute approximate surface area is 112 Å². The molecule has 0 spiro atoms. The van der Waals surface area contributed by atoms with Gasteiger partial charge in [0.05, 0.1) is 0 Å². The van der Waals surface area contributed by atoms with Crippen LogP contribution in [0.3, 0.4) is 0 Å². The van der Waals surface area contributed by atoms with Crippen molar-refractivity contribution in [2.45, 2.75) is 58.3 Å². The van der Waals surface area contributed by atoms with Crippen LogP contribution in [-0.2, 0) is 4.79 Å². The number of rotatable bonds is 8. The quantitative estimate of drug-likeness (QED) is 0.393. The molecule has 1 amide bonds. The summed E-state index contributed by atoms with van der Waals surface area (Å²) in [6, 6.07) is 0. The van der Waals surface area contributed by atoms with Crippen LogP contribution in [0.25, 0.3) is 0 Å². The van der Waals surface area contributed by atoms with Crippen LogP contribution >= 0.6 is 0 Å². The smallest absolute Gasteiger partial charge is 0.207 e. The van der Waals surface area contributed by atoms with Crippen molar-refractivity contribution in [1.29, 1.82) is 0 Å². The number of hydrogen-bond donors (Lipinski definition) is 1. The second-order valence-corrected chi connectivity index (χ2v) is 5.17. The molecule has 2 nitrogen and oxygen atoms in total. The molecule has 0 radical (unpaired) electrons. The number of carbonyl (C=O) groups is 1. The molecule has 2 heteroatoms. The minimum Gasteiger partial charge on any atom is -0.358 e. The van der Waals surface area contributed by atoms with Crippen LogP contribution in [0.1, 0.15) is 58.3 Å². The Kier molecular flexibility index (Phi) is 8.28. The third-order valence-corrected chi connectivity index (χ3v) is 3.81. The van der Waals surface area contributed by atoms with Gasteiger partial charge in [-0.2, -0.15) is 0 Å². The molecule has 1 fully saturated rings. The molecule has 0 aromatic heterocycles. The summed E-state index contributed by atoms with van der Waals surface area (Å²) in [7, 11) is 0. The van der Waals surface area contributed by atoms with Crippen LogP contribution in [0, 0.1) is 5.92 Å². The van der Waals surface area contributed by atoms with E-state index in [-0.39, 0.29) is 0 Å². The largest absolute Gasteiger partial charge is 0.358 e. The zero-order chi connectivity index (χ0) is 13.1. The summed E-state index contributed by atoms with van der Waals surface area (Å²) in [6.45, 7) is 2.85. The van der Waals surface area contributed by atoms with Crippen molar-refractivity contribution in [3.63, 3.8) is 0 Å². The summed E-state index contributed by atoms with van der Waals surface area (Å²) in [4.78, 5) is 10.1. The molecule has 0 aromatic rings. The molecule has 18 heavy (non-hydrogen) atoms. The van der Waals surface area contributed by atoms with E-state index in [0.717, 1.165) is 25.3 Å². The lowest BCUT2D eigenvalue weighted by atomic mass is 9.85. The lowest BCUT2D eigenvalue weighted by molar-refractivity contribution is -0.109. The van der Waals surface area contributed by atoms with Gasteiger partial charge in [0.2, 0.25) is 6.41 Å². The van der Waals surface area contributed by atoms with Crippen LogP contribution in [0.5, 0.6) is 0 Å². The molecule has 0 heterocycles. The number of hydrogen-bond acceptors (Lipinski definition) is 1. The molecule has 1 aliphatic rings. The topological polar surface area (TPSA) is 29.1 Å². The molecular weight excluding hydrogens is 222 g/mol. The molecule has 102 valence electrons. The fourth-order valence-corrected chi connectivity index (χ4v) is 2.63. The molecule has 0 atom stereocenters. The van der Waals surface area contributed by atoms with Crippen molar-refractivity contribution in [3.8, 4) is 0 Å². The van der Waals surface area contributed by atoms with E-state index in [1.54, 1.807) is 0 Å². The minimum atomic E-state index is 0.736. The normalized spacial score (nSPS) is 18.2. The summed E-state index contributed by atoms with van der Waals surface area (Å²) >= 11 is 0. The van der Waals surface area contributed by atoms with Gasteiger partial charge in [-0.3, -0.25) is 4.79 Å². The third-order valence-electron chi connectivity index (χ3n) is 3.81. The highest BCUT2D eigenvalue weighted by atomic mass is 16.1.